The molecule has 0 aromatic carbocycles. The summed E-state index contributed by atoms with van der Waals surface area (Å²) in [6.45, 7) is 4.58. The highest BCUT2D eigenvalue weighted by Crippen LogP contribution is 2.28. The van der Waals surface area contributed by atoms with Crippen molar-refractivity contribution in [3.8, 4) is 0 Å². The molecular weight excluding hydrogens is 120 g/mol. The van der Waals surface area contributed by atoms with Gasteiger partial charge in [0.25, 0.3) is 0 Å². The molecule has 58 valence electrons. The molecule has 0 saturated carbocycles. The maximum atomic E-state index is 2.29. The normalized spacial score (nSPS) is 19.8. The van der Waals surface area contributed by atoms with Gasteiger partial charge in [0.2, 0.25) is 0 Å². The fourth-order valence-electron chi connectivity index (χ4n) is 1.88. The van der Waals surface area contributed by atoms with Gasteiger partial charge < -0.3 is 0 Å². The quantitative estimate of drug-likeness (QED) is 0.511. The Morgan fingerprint density at radius 3 is 1.60 bits per heavy atom. The topological polar surface area (TPSA) is 0 Å². The lowest BCUT2D eigenvalue weighted by atomic mass is 9.89. The van der Waals surface area contributed by atoms with E-state index >= 15 is 0 Å². The van der Waals surface area contributed by atoms with Crippen molar-refractivity contribution < 1.29 is 0 Å². The second-order valence-electron chi connectivity index (χ2n) is 3.12. The van der Waals surface area contributed by atoms with E-state index in [2.05, 4.69) is 13.8 Å². The summed E-state index contributed by atoms with van der Waals surface area (Å²) in [6, 6.07) is 0. The van der Waals surface area contributed by atoms with Crippen molar-refractivity contribution in [1.82, 2.24) is 0 Å². The van der Waals surface area contributed by atoms with Gasteiger partial charge in [0.05, 0.1) is 0 Å². The van der Waals surface area contributed by atoms with E-state index in [4.69, 9.17) is 0 Å². The molecule has 0 aromatic heterocycles. The molecule has 0 heterocycles. The van der Waals surface area contributed by atoms with Crippen LogP contribution in [0, 0.1) is 0 Å². The van der Waals surface area contributed by atoms with Gasteiger partial charge in [0.15, 0.2) is 0 Å². The average molecular weight is 138 g/mol. The van der Waals surface area contributed by atoms with Crippen molar-refractivity contribution in [2.75, 3.05) is 0 Å². The first-order valence-electron chi connectivity index (χ1n) is 4.58. The molecule has 0 atom stereocenters. The Morgan fingerprint density at radius 1 is 0.900 bits per heavy atom. The first-order chi connectivity index (χ1) is 4.88. The van der Waals surface area contributed by atoms with Gasteiger partial charge in [-0.15, -0.1) is 0 Å². The molecule has 0 aliphatic heterocycles. The molecule has 1 aliphatic rings. The predicted octanol–water partition coefficient (Wildman–Crippen LogP) is 3.68. The van der Waals surface area contributed by atoms with Crippen LogP contribution in [-0.2, 0) is 0 Å². The van der Waals surface area contributed by atoms with Crippen LogP contribution in [0.15, 0.2) is 11.1 Å². The Hall–Kier alpha value is -0.260. The molecule has 0 bridgehead atoms. The van der Waals surface area contributed by atoms with Gasteiger partial charge in [-0.25, -0.2) is 0 Å². The van der Waals surface area contributed by atoms with Gasteiger partial charge in [0.1, 0.15) is 0 Å². The number of allylic oxidation sites excluding steroid dienone is 2. The van der Waals surface area contributed by atoms with Crippen LogP contribution >= 0.6 is 0 Å². The third kappa shape index (κ3) is 1.62. The second-order valence-corrected chi connectivity index (χ2v) is 3.12. The van der Waals surface area contributed by atoms with Crippen LogP contribution in [0.1, 0.15) is 52.4 Å². The Morgan fingerprint density at radius 2 is 1.30 bits per heavy atom. The summed E-state index contributed by atoms with van der Waals surface area (Å²) in [6.07, 6.45) is 8.24. The second kappa shape index (κ2) is 3.80. The lowest BCUT2D eigenvalue weighted by Gasteiger charge is -2.17. The first kappa shape index (κ1) is 7.84. The van der Waals surface area contributed by atoms with Crippen LogP contribution in [0.3, 0.4) is 0 Å². The summed E-state index contributed by atoms with van der Waals surface area (Å²) in [7, 11) is 0. The molecule has 0 nitrogen and oxygen atoms in total. The molecular formula is C10H18. The Balaban J connectivity index is 2.63. The Labute approximate surface area is 64.3 Å². The zero-order chi connectivity index (χ0) is 7.40. The summed E-state index contributed by atoms with van der Waals surface area (Å²) in [5.41, 5.74) is 3.52. The molecule has 1 aliphatic carbocycles. The molecule has 0 heteroatoms. The van der Waals surface area contributed by atoms with Crippen molar-refractivity contribution in [3.05, 3.63) is 11.1 Å². The van der Waals surface area contributed by atoms with Crippen LogP contribution < -0.4 is 0 Å². The summed E-state index contributed by atoms with van der Waals surface area (Å²) < 4.78 is 0. The van der Waals surface area contributed by atoms with Gasteiger partial charge in [-0.2, -0.15) is 0 Å². The molecule has 0 saturated heterocycles. The Bertz CT molecular complexity index is 115. The highest BCUT2D eigenvalue weighted by Gasteiger charge is 2.08. The summed E-state index contributed by atoms with van der Waals surface area (Å²) in [5, 5.41) is 0. The van der Waals surface area contributed by atoms with E-state index in [1.54, 1.807) is 11.1 Å². The fraction of sp³-hybridized carbons (Fsp3) is 0.800. The highest BCUT2D eigenvalue weighted by atomic mass is 14.1. The van der Waals surface area contributed by atoms with Crippen LogP contribution in [0.5, 0.6) is 0 Å². The van der Waals surface area contributed by atoms with Crippen LogP contribution in [0.25, 0.3) is 0 Å². The van der Waals surface area contributed by atoms with Gasteiger partial charge >= 0.3 is 0 Å². The van der Waals surface area contributed by atoms with Gasteiger partial charge in [-0.3, -0.25) is 0 Å². The van der Waals surface area contributed by atoms with Gasteiger partial charge in [-0.1, -0.05) is 25.0 Å². The molecule has 0 unspecified atom stereocenters. The van der Waals surface area contributed by atoms with Crippen molar-refractivity contribution in [1.29, 1.82) is 0 Å². The molecule has 0 radical (unpaired) electrons. The maximum absolute atomic E-state index is 2.29. The van der Waals surface area contributed by atoms with E-state index < -0.39 is 0 Å². The summed E-state index contributed by atoms with van der Waals surface area (Å²) in [5.74, 6) is 0. The molecule has 0 N–H and O–H groups in total. The molecule has 1 rings (SSSR count). The third-order valence-corrected chi connectivity index (χ3v) is 2.56. The smallest absolute Gasteiger partial charge is 0.0318 e. The van der Waals surface area contributed by atoms with Crippen molar-refractivity contribution >= 4 is 0 Å². The van der Waals surface area contributed by atoms with E-state index in [-0.39, 0.29) is 0 Å². The van der Waals surface area contributed by atoms with Gasteiger partial charge in [0, 0.05) is 0 Å². The van der Waals surface area contributed by atoms with Gasteiger partial charge in [-0.05, 0) is 38.5 Å². The van der Waals surface area contributed by atoms with E-state index in [1.165, 1.54) is 38.5 Å². The molecule has 10 heavy (non-hydrogen) atoms. The minimum Gasteiger partial charge on any atom is -0.0713 e. The highest BCUT2D eigenvalue weighted by molar-refractivity contribution is 5.15. The maximum Gasteiger partial charge on any atom is -0.0318 e. The van der Waals surface area contributed by atoms with Crippen LogP contribution in [-0.4, -0.2) is 0 Å². The zero-order valence-electron chi connectivity index (χ0n) is 7.24. The largest absolute Gasteiger partial charge is 0.0713 e. The fourth-order valence-corrected chi connectivity index (χ4v) is 1.88. The lowest BCUT2D eigenvalue weighted by Crippen LogP contribution is -1.97. The van der Waals surface area contributed by atoms with E-state index in [9.17, 15) is 0 Å². The first-order valence-corrected chi connectivity index (χ1v) is 4.58. The van der Waals surface area contributed by atoms with E-state index in [0.717, 1.165) is 0 Å². The summed E-state index contributed by atoms with van der Waals surface area (Å²) in [4.78, 5) is 0. The van der Waals surface area contributed by atoms with Crippen molar-refractivity contribution in [3.63, 3.8) is 0 Å². The van der Waals surface area contributed by atoms with Crippen LogP contribution in [0.2, 0.25) is 0 Å². The summed E-state index contributed by atoms with van der Waals surface area (Å²) >= 11 is 0. The van der Waals surface area contributed by atoms with Crippen LogP contribution in [0.4, 0.5) is 0 Å². The number of hydrogen-bond acceptors (Lipinski definition) is 0. The molecule has 0 aromatic rings. The minimum atomic E-state index is 1.29. The number of hydrogen-bond donors (Lipinski definition) is 0. The average Bonchev–Trinajstić information content (AvgIpc) is 2.04. The number of rotatable bonds is 2. The molecule has 0 amide bonds. The predicted molar refractivity (Wildman–Crippen MR) is 46.1 cm³/mol. The molecule has 0 spiro atoms. The Kier molecular flexibility index (Phi) is 2.98. The van der Waals surface area contributed by atoms with Crippen molar-refractivity contribution in [2.24, 2.45) is 0 Å². The minimum absolute atomic E-state index is 1.29. The third-order valence-electron chi connectivity index (χ3n) is 2.56. The zero-order valence-corrected chi connectivity index (χ0v) is 7.24. The monoisotopic (exact) mass is 138 g/mol. The lowest BCUT2D eigenvalue weighted by molar-refractivity contribution is 0.640. The van der Waals surface area contributed by atoms with E-state index in [0.29, 0.717) is 0 Å². The van der Waals surface area contributed by atoms with E-state index in [1.807, 2.05) is 0 Å². The SMILES string of the molecule is CCC1=C(CC)CCCC1. The standard InChI is InChI=1S/C10H18/c1-3-9-7-5-6-8-10(9)4-2/h3-8H2,1-2H3. The molecule has 0 fully saturated rings. The van der Waals surface area contributed by atoms with Crippen molar-refractivity contribution in [2.45, 2.75) is 52.4 Å².